The van der Waals surface area contributed by atoms with Gasteiger partial charge in [0.2, 0.25) is 0 Å². The van der Waals surface area contributed by atoms with E-state index in [9.17, 15) is 0 Å². The molecule has 1 atom stereocenters. The summed E-state index contributed by atoms with van der Waals surface area (Å²) in [6.45, 7) is 6.07. The molecule has 2 rings (SSSR count). The second kappa shape index (κ2) is 6.40. The second-order valence-corrected chi connectivity index (χ2v) is 4.56. The minimum atomic E-state index is 0.406. The molecule has 0 aliphatic carbocycles. The average Bonchev–Trinajstić information content (AvgIpc) is 3.00. The molecule has 0 saturated heterocycles. The van der Waals surface area contributed by atoms with Gasteiger partial charge in [-0.1, -0.05) is 6.92 Å². The number of aryl methyl sites for hydroxylation is 1. The number of furan rings is 1. The normalized spacial score (nSPS) is 12.8. The van der Waals surface area contributed by atoms with Gasteiger partial charge in [-0.2, -0.15) is 0 Å². The van der Waals surface area contributed by atoms with E-state index in [0.717, 1.165) is 31.7 Å². The zero-order valence-corrected chi connectivity index (χ0v) is 11.1. The summed E-state index contributed by atoms with van der Waals surface area (Å²) in [6.07, 6.45) is 7.81. The Morgan fingerprint density at radius 2 is 2.39 bits per heavy atom. The fraction of sp³-hybridized carbons (Fsp3) is 0.500. The summed E-state index contributed by atoms with van der Waals surface area (Å²) in [6, 6.07) is 4.30. The number of imidazole rings is 1. The maximum atomic E-state index is 5.29. The number of nitrogens with one attached hydrogen (secondary N) is 1. The van der Waals surface area contributed by atoms with Crippen molar-refractivity contribution in [1.29, 1.82) is 0 Å². The van der Waals surface area contributed by atoms with Gasteiger partial charge in [0.05, 0.1) is 12.8 Å². The van der Waals surface area contributed by atoms with E-state index >= 15 is 0 Å². The van der Waals surface area contributed by atoms with Crippen molar-refractivity contribution in [2.24, 2.45) is 0 Å². The van der Waals surface area contributed by atoms with E-state index in [1.807, 2.05) is 18.3 Å². The van der Waals surface area contributed by atoms with Crippen molar-refractivity contribution in [3.63, 3.8) is 0 Å². The van der Waals surface area contributed by atoms with Crippen LogP contribution in [0.2, 0.25) is 0 Å². The van der Waals surface area contributed by atoms with Crippen LogP contribution in [0.15, 0.2) is 35.2 Å². The molecule has 0 fully saturated rings. The monoisotopic (exact) mass is 247 g/mol. The lowest BCUT2D eigenvalue weighted by molar-refractivity contribution is 0.440. The van der Waals surface area contributed by atoms with Crippen LogP contribution in [-0.4, -0.2) is 16.1 Å². The van der Waals surface area contributed by atoms with E-state index in [-0.39, 0.29) is 0 Å². The summed E-state index contributed by atoms with van der Waals surface area (Å²) < 4.78 is 7.54. The molecule has 2 heterocycles. The summed E-state index contributed by atoms with van der Waals surface area (Å²) in [5, 5.41) is 3.40. The third-order valence-electron chi connectivity index (χ3n) is 3.02. The molecular formula is C14H21N3O. The molecule has 0 saturated carbocycles. The van der Waals surface area contributed by atoms with Gasteiger partial charge < -0.3 is 14.3 Å². The molecule has 0 aliphatic heterocycles. The molecule has 98 valence electrons. The molecule has 4 heteroatoms. The van der Waals surface area contributed by atoms with Gasteiger partial charge in [0.25, 0.3) is 0 Å². The number of rotatable bonds is 7. The van der Waals surface area contributed by atoms with E-state index in [4.69, 9.17) is 4.42 Å². The van der Waals surface area contributed by atoms with Crippen LogP contribution >= 0.6 is 0 Å². The number of nitrogens with zero attached hydrogens (tertiary/aromatic N) is 2. The van der Waals surface area contributed by atoms with Crippen molar-refractivity contribution in [3.8, 4) is 0 Å². The highest BCUT2D eigenvalue weighted by Crippen LogP contribution is 2.10. The Morgan fingerprint density at radius 3 is 3.11 bits per heavy atom. The van der Waals surface area contributed by atoms with Gasteiger partial charge in [-0.05, 0) is 25.5 Å². The second-order valence-electron chi connectivity index (χ2n) is 4.56. The zero-order chi connectivity index (χ0) is 12.8. The van der Waals surface area contributed by atoms with Crippen LogP contribution in [0.5, 0.6) is 0 Å². The van der Waals surface area contributed by atoms with Crippen LogP contribution in [0.4, 0.5) is 0 Å². The Balaban J connectivity index is 1.83. The van der Waals surface area contributed by atoms with Crippen molar-refractivity contribution in [2.75, 3.05) is 6.54 Å². The third-order valence-corrected chi connectivity index (χ3v) is 3.02. The maximum absolute atomic E-state index is 5.29. The molecule has 0 aliphatic rings. The molecule has 2 aromatic rings. The molecule has 2 aromatic heterocycles. The van der Waals surface area contributed by atoms with Gasteiger partial charge >= 0.3 is 0 Å². The van der Waals surface area contributed by atoms with E-state index < -0.39 is 0 Å². The third kappa shape index (κ3) is 3.23. The highest BCUT2D eigenvalue weighted by molar-refractivity contribution is 4.98. The van der Waals surface area contributed by atoms with Crippen LogP contribution in [0.3, 0.4) is 0 Å². The lowest BCUT2D eigenvalue weighted by Crippen LogP contribution is -2.23. The summed E-state index contributed by atoms with van der Waals surface area (Å²) in [5.41, 5.74) is 0. The molecule has 0 bridgehead atoms. The van der Waals surface area contributed by atoms with E-state index in [1.54, 1.807) is 6.26 Å². The molecule has 0 radical (unpaired) electrons. The Kier molecular flexibility index (Phi) is 4.59. The quantitative estimate of drug-likeness (QED) is 0.818. The smallest absolute Gasteiger partial charge is 0.117 e. The highest BCUT2D eigenvalue weighted by Gasteiger charge is 2.09. The standard InChI is InChI=1S/C14H21N3O/c1-3-5-14-16-7-8-17(14)12(2)10-15-11-13-6-4-9-18-13/h4,6-9,12,15H,3,5,10-11H2,1-2H3. The first-order valence-electron chi connectivity index (χ1n) is 6.56. The Morgan fingerprint density at radius 1 is 1.50 bits per heavy atom. The van der Waals surface area contributed by atoms with E-state index in [1.165, 1.54) is 5.82 Å². The predicted octanol–water partition coefficient (Wildman–Crippen LogP) is 2.78. The minimum Gasteiger partial charge on any atom is -0.468 e. The molecule has 0 aromatic carbocycles. The lowest BCUT2D eigenvalue weighted by Gasteiger charge is -2.16. The van der Waals surface area contributed by atoms with Crippen molar-refractivity contribution in [2.45, 2.75) is 39.3 Å². The molecule has 0 spiro atoms. The maximum Gasteiger partial charge on any atom is 0.117 e. The molecular weight excluding hydrogens is 226 g/mol. The van der Waals surface area contributed by atoms with Crippen LogP contribution in [0, 0.1) is 0 Å². The highest BCUT2D eigenvalue weighted by atomic mass is 16.3. The Labute approximate surface area is 108 Å². The topological polar surface area (TPSA) is 43.0 Å². The van der Waals surface area contributed by atoms with Gasteiger partial charge in [-0.15, -0.1) is 0 Å². The largest absolute Gasteiger partial charge is 0.468 e. The molecule has 4 nitrogen and oxygen atoms in total. The van der Waals surface area contributed by atoms with Gasteiger partial charge in [-0.3, -0.25) is 0 Å². The first-order chi connectivity index (χ1) is 8.81. The summed E-state index contributed by atoms with van der Waals surface area (Å²) in [5.74, 6) is 2.14. The average molecular weight is 247 g/mol. The van der Waals surface area contributed by atoms with Crippen LogP contribution < -0.4 is 5.32 Å². The lowest BCUT2D eigenvalue weighted by atomic mass is 10.2. The number of aromatic nitrogens is 2. The van der Waals surface area contributed by atoms with Gasteiger partial charge in [0.1, 0.15) is 11.6 Å². The van der Waals surface area contributed by atoms with Crippen molar-refractivity contribution >= 4 is 0 Å². The summed E-state index contributed by atoms with van der Waals surface area (Å²) in [4.78, 5) is 4.40. The van der Waals surface area contributed by atoms with Crippen LogP contribution in [0.1, 0.15) is 37.9 Å². The SMILES string of the molecule is CCCc1nccn1C(C)CNCc1ccco1. The Bertz CT molecular complexity index is 447. The number of hydrogen-bond acceptors (Lipinski definition) is 3. The van der Waals surface area contributed by atoms with Crippen LogP contribution in [-0.2, 0) is 13.0 Å². The van der Waals surface area contributed by atoms with E-state index in [2.05, 4.69) is 34.9 Å². The molecule has 1 N–H and O–H groups in total. The van der Waals surface area contributed by atoms with Crippen molar-refractivity contribution in [1.82, 2.24) is 14.9 Å². The van der Waals surface area contributed by atoms with Gasteiger partial charge in [0, 0.05) is 31.4 Å². The van der Waals surface area contributed by atoms with E-state index in [0.29, 0.717) is 6.04 Å². The first-order valence-corrected chi connectivity index (χ1v) is 6.56. The van der Waals surface area contributed by atoms with Crippen molar-refractivity contribution < 1.29 is 4.42 Å². The molecule has 0 amide bonds. The first kappa shape index (κ1) is 12.9. The fourth-order valence-electron chi connectivity index (χ4n) is 2.08. The fourth-order valence-corrected chi connectivity index (χ4v) is 2.08. The van der Waals surface area contributed by atoms with Crippen LogP contribution in [0.25, 0.3) is 0 Å². The summed E-state index contributed by atoms with van der Waals surface area (Å²) in [7, 11) is 0. The molecule has 1 unspecified atom stereocenters. The summed E-state index contributed by atoms with van der Waals surface area (Å²) >= 11 is 0. The zero-order valence-electron chi connectivity index (χ0n) is 11.1. The number of hydrogen-bond donors (Lipinski definition) is 1. The Hall–Kier alpha value is -1.55. The van der Waals surface area contributed by atoms with Gasteiger partial charge in [-0.25, -0.2) is 4.98 Å². The van der Waals surface area contributed by atoms with Gasteiger partial charge in [0.15, 0.2) is 0 Å². The minimum absolute atomic E-state index is 0.406. The van der Waals surface area contributed by atoms with Crippen molar-refractivity contribution in [3.05, 3.63) is 42.4 Å². The predicted molar refractivity (Wildman–Crippen MR) is 71.3 cm³/mol. The molecule has 18 heavy (non-hydrogen) atoms.